The minimum Gasteiger partial charge on any atom is -0.507 e. The van der Waals surface area contributed by atoms with Crippen LogP contribution in [0, 0.1) is 6.07 Å². The van der Waals surface area contributed by atoms with Gasteiger partial charge in [0.15, 0.2) is 0 Å². The molecule has 0 saturated heterocycles. The molecule has 0 aliphatic rings. The average Bonchev–Trinajstić information content (AvgIpc) is 3.60. The summed E-state index contributed by atoms with van der Waals surface area (Å²) in [6, 6.07) is 51.4. The molecule has 0 unspecified atom stereocenters. The van der Waals surface area contributed by atoms with Crippen LogP contribution in [-0.2, 0) is 26.5 Å². The van der Waals surface area contributed by atoms with Crippen LogP contribution in [0.5, 0.6) is 5.75 Å². The first kappa shape index (κ1) is 38.3. The van der Waals surface area contributed by atoms with E-state index in [2.05, 4.69) is 142 Å². The molecule has 1 N–H and O–H groups in total. The van der Waals surface area contributed by atoms with Crippen LogP contribution >= 0.6 is 0 Å². The van der Waals surface area contributed by atoms with Crippen LogP contribution in [0.1, 0.15) is 78.3 Å². The van der Waals surface area contributed by atoms with Crippen molar-refractivity contribution in [1.82, 2.24) is 14.5 Å². The third kappa shape index (κ3) is 8.02. The predicted molar refractivity (Wildman–Crippen MR) is 233 cm³/mol. The molecular formula is C52H48N3OPt-. The number of fused-ring (bicyclic) bond motifs is 1. The third-order valence-electron chi connectivity index (χ3n) is 10.7. The number of pyridine rings is 1. The smallest absolute Gasteiger partial charge is 0.148 e. The van der Waals surface area contributed by atoms with Gasteiger partial charge in [-0.25, -0.2) is 4.98 Å². The van der Waals surface area contributed by atoms with Gasteiger partial charge in [0, 0.05) is 40.0 Å². The summed E-state index contributed by atoms with van der Waals surface area (Å²) in [5.41, 5.74) is 14.5. The topological polar surface area (TPSA) is 50.9 Å². The predicted octanol–water partition coefficient (Wildman–Crippen LogP) is 13.8. The van der Waals surface area contributed by atoms with Crippen LogP contribution in [0.2, 0.25) is 0 Å². The Kier molecular flexibility index (Phi) is 10.8. The number of nitrogens with zero attached hydrogens (tertiary/aromatic N) is 3. The Morgan fingerprint density at radius 1 is 0.649 bits per heavy atom. The first-order chi connectivity index (χ1) is 27.2. The van der Waals surface area contributed by atoms with Gasteiger partial charge >= 0.3 is 0 Å². The molecule has 0 aliphatic carbocycles. The van der Waals surface area contributed by atoms with Crippen molar-refractivity contribution < 1.29 is 27.5 Å². The second-order valence-corrected chi connectivity index (χ2v) is 16.2. The number of benzene rings is 6. The molecule has 288 valence electrons. The molecule has 8 rings (SSSR count). The number of aromatic hydroxyl groups is 1. The number of hydrogen-bond acceptors (Lipinski definition) is 3. The number of rotatable bonds is 8. The Morgan fingerprint density at radius 3 is 2.04 bits per heavy atom. The molecule has 0 aliphatic heterocycles. The van der Waals surface area contributed by atoms with Gasteiger partial charge in [-0.05, 0) is 87.0 Å². The SMILES string of the molecule is [2H]C(C)(C)c1cc(-c2ccccc2)cc(-n2c(-c3ccccc3O)nc3c(-c4[c-]c(-c5cc(-c6ccc(C(C)(C)C)cc6)ccn5)cc(C(C)C)c4)cccc32)c1.[Pt]. The van der Waals surface area contributed by atoms with E-state index < -0.39 is 5.89 Å². The largest absolute Gasteiger partial charge is 0.507 e. The van der Waals surface area contributed by atoms with Crippen molar-refractivity contribution in [3.63, 3.8) is 0 Å². The van der Waals surface area contributed by atoms with Crippen LogP contribution in [-0.4, -0.2) is 19.6 Å². The quantitative estimate of drug-likeness (QED) is 0.155. The summed E-state index contributed by atoms with van der Waals surface area (Å²) in [6.07, 6.45) is 1.88. The Balaban J connectivity index is 0.00000512. The van der Waals surface area contributed by atoms with E-state index in [9.17, 15) is 5.11 Å². The van der Waals surface area contributed by atoms with Crippen molar-refractivity contribution in [2.75, 3.05) is 0 Å². The summed E-state index contributed by atoms with van der Waals surface area (Å²) in [5.74, 6) is 0.151. The maximum Gasteiger partial charge on any atom is 0.148 e. The second kappa shape index (κ2) is 16.1. The zero-order valence-electron chi connectivity index (χ0n) is 34.5. The van der Waals surface area contributed by atoms with E-state index in [4.69, 9.17) is 11.3 Å². The summed E-state index contributed by atoms with van der Waals surface area (Å²) >= 11 is 0. The van der Waals surface area contributed by atoms with E-state index in [0.717, 1.165) is 66.9 Å². The zero-order chi connectivity index (χ0) is 40.1. The van der Waals surface area contributed by atoms with Crippen LogP contribution in [0.4, 0.5) is 0 Å². The molecule has 2 heterocycles. The number of hydrogen-bond donors (Lipinski definition) is 1. The summed E-state index contributed by atoms with van der Waals surface area (Å²) in [4.78, 5) is 10.2. The van der Waals surface area contributed by atoms with Crippen LogP contribution in [0.25, 0.3) is 72.7 Å². The van der Waals surface area contributed by atoms with Gasteiger partial charge in [0.2, 0.25) is 0 Å². The van der Waals surface area contributed by atoms with E-state index in [1.54, 1.807) is 6.07 Å². The van der Waals surface area contributed by atoms with E-state index in [1.165, 1.54) is 11.1 Å². The first-order valence-corrected chi connectivity index (χ1v) is 19.4. The van der Waals surface area contributed by atoms with Crippen molar-refractivity contribution in [3.8, 4) is 67.5 Å². The second-order valence-electron chi connectivity index (χ2n) is 16.2. The molecule has 0 spiro atoms. The monoisotopic (exact) mass is 926 g/mol. The molecule has 8 aromatic rings. The number of phenols is 1. The van der Waals surface area contributed by atoms with Crippen LogP contribution in [0.15, 0.2) is 146 Å². The van der Waals surface area contributed by atoms with Gasteiger partial charge in [-0.2, -0.15) is 0 Å². The standard InChI is InChI=1S/C52H48N3O.Pt/c1-33(2)38-27-41(29-42(28-38)47-32-37(24-25-53-47)36-20-22-43(23-21-36)52(5,6)7)45-17-13-18-48-50(45)54-51(46-16-11-12-19-49(46)56)55(48)44-30-39(34(3)4)26-40(31-44)35-14-9-8-10-15-35;/h8-28,30-34,56H,1-7H3;/q-1;/i34D;. The molecule has 5 heteroatoms. The molecule has 2 aromatic heterocycles. The van der Waals surface area contributed by atoms with Gasteiger partial charge < -0.3 is 5.11 Å². The average molecular weight is 927 g/mol. The molecule has 0 radical (unpaired) electrons. The maximum absolute atomic E-state index is 11.3. The molecule has 4 nitrogen and oxygen atoms in total. The molecule has 0 fully saturated rings. The van der Waals surface area contributed by atoms with E-state index in [0.29, 0.717) is 11.4 Å². The molecule has 0 saturated carbocycles. The molecule has 6 aromatic carbocycles. The fraction of sp³-hybridized carbons (Fsp3) is 0.192. The van der Waals surface area contributed by atoms with Crippen molar-refractivity contribution in [1.29, 1.82) is 0 Å². The first-order valence-electron chi connectivity index (χ1n) is 19.9. The van der Waals surface area contributed by atoms with Crippen molar-refractivity contribution >= 4 is 11.0 Å². The fourth-order valence-electron chi connectivity index (χ4n) is 7.38. The zero-order valence-corrected chi connectivity index (χ0v) is 35.8. The Bertz CT molecular complexity index is 2740. The number of para-hydroxylation sites is 2. The van der Waals surface area contributed by atoms with E-state index >= 15 is 0 Å². The maximum atomic E-state index is 11.3. The molecular weight excluding hydrogens is 878 g/mol. The number of phenolic OH excluding ortho intramolecular Hbond substituents is 1. The van der Waals surface area contributed by atoms with Crippen molar-refractivity contribution in [2.45, 2.75) is 65.7 Å². The van der Waals surface area contributed by atoms with Crippen LogP contribution < -0.4 is 0 Å². The van der Waals surface area contributed by atoms with Crippen LogP contribution in [0.3, 0.4) is 0 Å². The fourth-order valence-corrected chi connectivity index (χ4v) is 7.38. The van der Waals surface area contributed by atoms with Gasteiger partial charge in [-0.1, -0.05) is 151 Å². The minimum absolute atomic E-state index is 0. The van der Waals surface area contributed by atoms with Gasteiger partial charge in [-0.3, -0.25) is 9.55 Å². The molecule has 57 heavy (non-hydrogen) atoms. The van der Waals surface area contributed by atoms with Crippen molar-refractivity contribution in [3.05, 3.63) is 168 Å². The molecule has 0 bridgehead atoms. The van der Waals surface area contributed by atoms with Gasteiger partial charge in [0.1, 0.15) is 11.6 Å². The Labute approximate surface area is 353 Å². The van der Waals surface area contributed by atoms with Gasteiger partial charge in [-0.15, -0.1) is 29.3 Å². The Morgan fingerprint density at radius 2 is 1.33 bits per heavy atom. The van der Waals surface area contributed by atoms with E-state index in [1.807, 2.05) is 56.4 Å². The van der Waals surface area contributed by atoms with Gasteiger partial charge in [0.25, 0.3) is 0 Å². The number of imidazole rings is 1. The van der Waals surface area contributed by atoms with E-state index in [-0.39, 0.29) is 38.1 Å². The summed E-state index contributed by atoms with van der Waals surface area (Å²) < 4.78 is 11.2. The molecule has 0 amide bonds. The minimum atomic E-state index is -0.861. The Hall–Kier alpha value is -5.57. The van der Waals surface area contributed by atoms with Gasteiger partial charge in [0.05, 0.1) is 16.6 Å². The van der Waals surface area contributed by atoms with Crippen molar-refractivity contribution in [2.24, 2.45) is 0 Å². The third-order valence-corrected chi connectivity index (χ3v) is 10.7. The molecule has 0 atom stereocenters. The number of aromatic nitrogens is 3. The summed E-state index contributed by atoms with van der Waals surface area (Å²) in [5, 5.41) is 11.3. The summed E-state index contributed by atoms with van der Waals surface area (Å²) in [6.45, 7) is 14.9. The summed E-state index contributed by atoms with van der Waals surface area (Å²) in [7, 11) is 0. The normalized spacial score (nSPS) is 12.1.